The van der Waals surface area contributed by atoms with Gasteiger partial charge in [-0.05, 0) is 20.3 Å². The maximum absolute atomic E-state index is 12.0. The average molecular weight is 279 g/mol. The van der Waals surface area contributed by atoms with E-state index in [0.717, 1.165) is 18.5 Å². The van der Waals surface area contributed by atoms with Crippen molar-refractivity contribution >= 4 is 11.9 Å². The molecule has 0 radical (unpaired) electrons. The number of aryl methyl sites for hydroxylation is 1. The van der Waals surface area contributed by atoms with Crippen LogP contribution in [0.2, 0.25) is 0 Å². The molecule has 0 bridgehead atoms. The first-order valence-electron chi connectivity index (χ1n) is 6.60. The second-order valence-electron chi connectivity index (χ2n) is 4.84. The largest absolute Gasteiger partial charge is 0.481 e. The molecule has 0 unspecified atom stereocenters. The Kier molecular flexibility index (Phi) is 6.49. The number of allylic oxidation sites excluding steroid dienone is 1. The van der Waals surface area contributed by atoms with Gasteiger partial charge in [-0.15, -0.1) is 0 Å². The fourth-order valence-electron chi connectivity index (χ4n) is 1.76. The summed E-state index contributed by atoms with van der Waals surface area (Å²) in [6.07, 6.45) is 7.56. The fraction of sp³-hybridized carbons (Fsp3) is 0.500. The van der Waals surface area contributed by atoms with Crippen LogP contribution in [0.3, 0.4) is 0 Å². The Hall–Kier alpha value is -2.11. The molecule has 6 nitrogen and oxygen atoms in total. The van der Waals surface area contributed by atoms with E-state index >= 15 is 0 Å². The van der Waals surface area contributed by atoms with Crippen LogP contribution < -0.4 is 0 Å². The lowest BCUT2D eigenvalue weighted by Gasteiger charge is -2.20. The lowest BCUT2D eigenvalue weighted by atomic mass is 10.2. The summed E-state index contributed by atoms with van der Waals surface area (Å²) < 4.78 is 1.93. The van der Waals surface area contributed by atoms with Crippen LogP contribution in [0.15, 0.2) is 30.4 Å². The van der Waals surface area contributed by atoms with Crippen molar-refractivity contribution in [1.29, 1.82) is 0 Å². The van der Waals surface area contributed by atoms with E-state index in [2.05, 4.69) is 4.98 Å². The molecule has 0 aliphatic rings. The van der Waals surface area contributed by atoms with Gasteiger partial charge in [0, 0.05) is 38.1 Å². The zero-order chi connectivity index (χ0) is 15.0. The molecule has 0 saturated heterocycles. The highest BCUT2D eigenvalue weighted by Crippen LogP contribution is 2.01. The summed E-state index contributed by atoms with van der Waals surface area (Å²) in [7, 11) is 0. The van der Waals surface area contributed by atoms with E-state index in [1.54, 1.807) is 23.5 Å². The third-order valence-electron chi connectivity index (χ3n) is 2.72. The van der Waals surface area contributed by atoms with Gasteiger partial charge >= 0.3 is 5.97 Å². The number of carboxylic acid groups (broad SMARTS) is 1. The van der Waals surface area contributed by atoms with Gasteiger partial charge in [-0.2, -0.15) is 0 Å². The standard InChI is InChI=1S/C14H21N3O3/c1-12(2)10-13(18)17(8-4-14(19)20)7-3-6-16-9-5-15-11-16/h5,9-11H,3-4,6-8H2,1-2H3,(H,19,20). The molecular weight excluding hydrogens is 258 g/mol. The Labute approximate surface area is 118 Å². The van der Waals surface area contributed by atoms with Crippen LogP contribution in [0.25, 0.3) is 0 Å². The first-order valence-corrected chi connectivity index (χ1v) is 6.60. The van der Waals surface area contributed by atoms with Gasteiger partial charge in [0.15, 0.2) is 0 Å². The Morgan fingerprint density at radius 1 is 1.35 bits per heavy atom. The van der Waals surface area contributed by atoms with Gasteiger partial charge in [0.2, 0.25) is 5.91 Å². The van der Waals surface area contributed by atoms with Crippen molar-refractivity contribution in [2.75, 3.05) is 13.1 Å². The zero-order valence-electron chi connectivity index (χ0n) is 12.0. The van der Waals surface area contributed by atoms with Crippen molar-refractivity contribution in [2.45, 2.75) is 33.2 Å². The molecule has 1 amide bonds. The molecule has 0 aromatic carbocycles. The van der Waals surface area contributed by atoms with Gasteiger partial charge in [0.1, 0.15) is 0 Å². The monoisotopic (exact) mass is 279 g/mol. The molecule has 1 rings (SSSR count). The number of carbonyl (C=O) groups is 2. The summed E-state index contributed by atoms with van der Waals surface area (Å²) in [6.45, 7) is 5.22. The van der Waals surface area contributed by atoms with Gasteiger partial charge in [-0.1, -0.05) is 5.57 Å². The summed E-state index contributed by atoms with van der Waals surface area (Å²) in [4.78, 5) is 28.2. The summed E-state index contributed by atoms with van der Waals surface area (Å²) in [5.74, 6) is -1.02. The lowest BCUT2D eigenvalue weighted by molar-refractivity contribution is -0.138. The molecule has 1 aromatic rings. The number of aliphatic carboxylic acids is 1. The van der Waals surface area contributed by atoms with Crippen LogP contribution in [-0.2, 0) is 16.1 Å². The molecule has 0 fully saturated rings. The van der Waals surface area contributed by atoms with E-state index in [4.69, 9.17) is 5.11 Å². The van der Waals surface area contributed by atoms with Crippen LogP contribution in [-0.4, -0.2) is 44.5 Å². The second-order valence-corrected chi connectivity index (χ2v) is 4.84. The molecule has 6 heteroatoms. The summed E-state index contributed by atoms with van der Waals surface area (Å²) >= 11 is 0. The average Bonchev–Trinajstić information content (AvgIpc) is 2.85. The maximum atomic E-state index is 12.0. The first kappa shape index (κ1) is 15.9. The Balaban J connectivity index is 2.50. The summed E-state index contributed by atoms with van der Waals surface area (Å²) in [5.41, 5.74) is 0.907. The fourth-order valence-corrected chi connectivity index (χ4v) is 1.76. The normalized spacial score (nSPS) is 10.1. The van der Waals surface area contributed by atoms with Crippen LogP contribution in [0.4, 0.5) is 0 Å². The lowest BCUT2D eigenvalue weighted by Crippen LogP contribution is -2.33. The third kappa shape index (κ3) is 6.17. The molecule has 0 aliphatic heterocycles. The molecule has 0 atom stereocenters. The van der Waals surface area contributed by atoms with Gasteiger partial charge in [0.25, 0.3) is 0 Å². The van der Waals surface area contributed by atoms with Crippen molar-refractivity contribution in [2.24, 2.45) is 0 Å². The minimum atomic E-state index is -0.894. The first-order chi connectivity index (χ1) is 9.49. The van der Waals surface area contributed by atoms with E-state index in [-0.39, 0.29) is 18.9 Å². The molecule has 0 saturated carbocycles. The topological polar surface area (TPSA) is 75.4 Å². The van der Waals surface area contributed by atoms with E-state index in [1.165, 1.54) is 0 Å². The predicted molar refractivity (Wildman–Crippen MR) is 75.1 cm³/mol. The predicted octanol–water partition coefficient (Wildman–Crippen LogP) is 1.54. The Morgan fingerprint density at radius 2 is 2.10 bits per heavy atom. The molecule has 1 aromatic heterocycles. The van der Waals surface area contributed by atoms with Crippen molar-refractivity contribution in [1.82, 2.24) is 14.5 Å². The molecule has 1 heterocycles. The molecule has 110 valence electrons. The zero-order valence-corrected chi connectivity index (χ0v) is 12.0. The van der Waals surface area contributed by atoms with E-state index in [9.17, 15) is 9.59 Å². The van der Waals surface area contributed by atoms with E-state index < -0.39 is 5.97 Å². The highest BCUT2D eigenvalue weighted by atomic mass is 16.4. The molecule has 1 N–H and O–H groups in total. The van der Waals surface area contributed by atoms with E-state index in [1.807, 2.05) is 24.6 Å². The second kappa shape index (κ2) is 8.14. The molecule has 0 spiro atoms. The highest BCUT2D eigenvalue weighted by molar-refractivity contribution is 5.88. The maximum Gasteiger partial charge on any atom is 0.305 e. The van der Waals surface area contributed by atoms with Crippen LogP contribution in [0.1, 0.15) is 26.7 Å². The van der Waals surface area contributed by atoms with Crippen molar-refractivity contribution < 1.29 is 14.7 Å². The quantitative estimate of drug-likeness (QED) is 0.732. The van der Waals surface area contributed by atoms with Crippen molar-refractivity contribution in [3.63, 3.8) is 0 Å². The van der Waals surface area contributed by atoms with Gasteiger partial charge in [-0.3, -0.25) is 9.59 Å². The van der Waals surface area contributed by atoms with Crippen LogP contribution in [0.5, 0.6) is 0 Å². The van der Waals surface area contributed by atoms with Crippen LogP contribution in [0, 0.1) is 0 Å². The number of hydrogen-bond donors (Lipinski definition) is 1. The summed E-state index contributed by atoms with van der Waals surface area (Å²) in [6, 6.07) is 0. The number of aromatic nitrogens is 2. The smallest absolute Gasteiger partial charge is 0.305 e. The van der Waals surface area contributed by atoms with Gasteiger partial charge < -0.3 is 14.6 Å². The number of hydrogen-bond acceptors (Lipinski definition) is 3. The third-order valence-corrected chi connectivity index (χ3v) is 2.72. The summed E-state index contributed by atoms with van der Waals surface area (Å²) in [5, 5.41) is 8.74. The van der Waals surface area contributed by atoms with Gasteiger partial charge in [0.05, 0.1) is 12.7 Å². The molecular formula is C14H21N3O3. The van der Waals surface area contributed by atoms with Crippen molar-refractivity contribution in [3.8, 4) is 0 Å². The van der Waals surface area contributed by atoms with E-state index in [0.29, 0.717) is 6.54 Å². The van der Waals surface area contributed by atoms with Gasteiger partial charge in [-0.25, -0.2) is 4.98 Å². The minimum Gasteiger partial charge on any atom is -0.481 e. The minimum absolute atomic E-state index is 0.0343. The number of carboxylic acids is 1. The number of imidazole rings is 1. The SMILES string of the molecule is CC(C)=CC(=O)N(CCCn1ccnc1)CCC(=O)O. The van der Waals surface area contributed by atoms with Crippen LogP contribution >= 0.6 is 0 Å². The molecule has 20 heavy (non-hydrogen) atoms. The molecule has 0 aliphatic carbocycles. The highest BCUT2D eigenvalue weighted by Gasteiger charge is 2.12. The number of nitrogens with zero attached hydrogens (tertiary/aromatic N) is 3. The number of amides is 1. The Morgan fingerprint density at radius 3 is 2.65 bits per heavy atom. The number of carbonyl (C=O) groups excluding carboxylic acids is 1. The Bertz CT molecular complexity index is 462. The van der Waals surface area contributed by atoms with Crippen molar-refractivity contribution in [3.05, 3.63) is 30.4 Å². The number of rotatable bonds is 8.